The van der Waals surface area contributed by atoms with Crippen molar-refractivity contribution in [3.8, 4) is 0 Å². The Balaban J connectivity index is 1.61. The topological polar surface area (TPSA) is 49.4 Å². The Morgan fingerprint density at radius 1 is 1.00 bits per heavy atom. The van der Waals surface area contributed by atoms with Gasteiger partial charge < -0.3 is 5.32 Å². The molecule has 2 aromatic rings. The maximum atomic E-state index is 12.5. The molecule has 0 spiro atoms. The highest BCUT2D eigenvalue weighted by atomic mass is 32.2. The second-order valence-corrected chi connectivity index (χ2v) is 6.68. The van der Waals surface area contributed by atoms with E-state index in [4.69, 9.17) is 0 Å². The van der Waals surface area contributed by atoms with Gasteiger partial charge in [0, 0.05) is 4.90 Å². The van der Waals surface area contributed by atoms with E-state index in [9.17, 15) is 9.59 Å². The predicted molar refractivity (Wildman–Crippen MR) is 95.9 cm³/mol. The van der Waals surface area contributed by atoms with Crippen molar-refractivity contribution < 1.29 is 9.59 Å². The van der Waals surface area contributed by atoms with Crippen molar-refractivity contribution >= 4 is 23.7 Å². The van der Waals surface area contributed by atoms with Crippen molar-refractivity contribution in [1.29, 1.82) is 0 Å². The maximum absolute atomic E-state index is 12.5. The predicted octanol–water partition coefficient (Wildman–Crippen LogP) is 3.46. The molecule has 1 aliphatic heterocycles. The van der Waals surface area contributed by atoms with Gasteiger partial charge >= 0.3 is 6.03 Å². The molecule has 0 radical (unpaired) electrons. The lowest BCUT2D eigenvalue weighted by Crippen LogP contribution is -2.31. The van der Waals surface area contributed by atoms with Gasteiger partial charge in [0.1, 0.15) is 6.04 Å². The lowest BCUT2D eigenvalue weighted by Gasteiger charge is -2.13. The summed E-state index contributed by atoms with van der Waals surface area (Å²) in [7, 11) is 0. The second kappa shape index (κ2) is 7.53. The molecule has 1 aliphatic rings. The minimum Gasteiger partial charge on any atom is -0.326 e. The molecule has 0 unspecified atom stereocenters. The van der Waals surface area contributed by atoms with Gasteiger partial charge in [-0.05, 0) is 42.4 Å². The summed E-state index contributed by atoms with van der Waals surface area (Å²) in [4.78, 5) is 27.1. The first-order valence-electron chi connectivity index (χ1n) is 7.96. The fourth-order valence-corrected chi connectivity index (χ4v) is 3.20. The summed E-state index contributed by atoms with van der Waals surface area (Å²) < 4.78 is 0. The Kier molecular flexibility index (Phi) is 5.20. The van der Waals surface area contributed by atoms with E-state index in [1.54, 1.807) is 11.8 Å². The van der Waals surface area contributed by atoms with Crippen LogP contribution >= 0.6 is 11.8 Å². The van der Waals surface area contributed by atoms with Crippen LogP contribution in [0, 0.1) is 0 Å². The molecule has 124 valence electrons. The molecule has 0 aromatic heterocycles. The van der Waals surface area contributed by atoms with E-state index in [0.717, 1.165) is 16.9 Å². The summed E-state index contributed by atoms with van der Waals surface area (Å²) in [5.41, 5.74) is 2.13. The zero-order valence-electron chi connectivity index (χ0n) is 13.6. The van der Waals surface area contributed by atoms with Gasteiger partial charge in [-0.25, -0.2) is 4.79 Å². The average molecular weight is 340 g/mol. The summed E-state index contributed by atoms with van der Waals surface area (Å²) in [6.45, 7) is 0.321. The number of amides is 3. The number of imide groups is 1. The number of hydrogen-bond acceptors (Lipinski definition) is 3. The average Bonchev–Trinajstić information content (AvgIpc) is 2.89. The van der Waals surface area contributed by atoms with Crippen LogP contribution in [0.4, 0.5) is 4.79 Å². The van der Waals surface area contributed by atoms with Crippen LogP contribution in [0.1, 0.15) is 17.5 Å². The molecule has 4 nitrogen and oxygen atoms in total. The SMILES string of the molecule is CSc1ccc(CN2C(=O)N[C@@H](CCc3ccccc3)C2=O)cc1. The van der Waals surface area contributed by atoms with E-state index in [-0.39, 0.29) is 11.9 Å². The number of thioether (sulfide) groups is 1. The number of urea groups is 1. The van der Waals surface area contributed by atoms with Crippen LogP contribution in [-0.4, -0.2) is 29.1 Å². The third-order valence-electron chi connectivity index (χ3n) is 4.17. The Labute approximate surface area is 146 Å². The Morgan fingerprint density at radius 3 is 2.38 bits per heavy atom. The number of benzene rings is 2. The number of hydrogen-bond donors (Lipinski definition) is 1. The van der Waals surface area contributed by atoms with Crippen molar-refractivity contribution in [2.24, 2.45) is 0 Å². The maximum Gasteiger partial charge on any atom is 0.325 e. The standard InChI is InChI=1S/C19H20N2O2S/c1-24-16-10-7-15(8-11-16)13-21-18(22)17(20-19(21)23)12-9-14-5-3-2-4-6-14/h2-8,10-11,17H,9,12-13H2,1H3,(H,20,23)/t17-/m0/s1. The summed E-state index contributed by atoms with van der Waals surface area (Å²) in [6.07, 6.45) is 3.41. The van der Waals surface area contributed by atoms with Gasteiger partial charge in [0.25, 0.3) is 5.91 Å². The summed E-state index contributed by atoms with van der Waals surface area (Å²) in [5, 5.41) is 2.80. The number of carbonyl (C=O) groups is 2. The van der Waals surface area contributed by atoms with Crippen molar-refractivity contribution in [3.63, 3.8) is 0 Å². The van der Waals surface area contributed by atoms with Crippen LogP contribution in [0.3, 0.4) is 0 Å². The second-order valence-electron chi connectivity index (χ2n) is 5.80. The smallest absolute Gasteiger partial charge is 0.325 e. The molecular weight excluding hydrogens is 320 g/mol. The fraction of sp³-hybridized carbons (Fsp3) is 0.263. The van der Waals surface area contributed by atoms with Crippen molar-refractivity contribution in [3.05, 3.63) is 65.7 Å². The summed E-state index contributed by atoms with van der Waals surface area (Å²) in [6, 6.07) is 17.2. The molecule has 1 heterocycles. The first-order chi connectivity index (χ1) is 11.7. The third kappa shape index (κ3) is 3.79. The highest BCUT2D eigenvalue weighted by Crippen LogP contribution is 2.19. The highest BCUT2D eigenvalue weighted by molar-refractivity contribution is 7.98. The molecule has 5 heteroatoms. The fourth-order valence-electron chi connectivity index (χ4n) is 2.79. The van der Waals surface area contributed by atoms with Crippen molar-refractivity contribution in [2.45, 2.75) is 30.3 Å². The number of aryl methyl sites for hydroxylation is 1. The van der Waals surface area contributed by atoms with E-state index in [1.165, 1.54) is 10.5 Å². The summed E-state index contributed by atoms with van der Waals surface area (Å²) >= 11 is 1.67. The van der Waals surface area contributed by atoms with E-state index in [1.807, 2.05) is 60.9 Å². The molecule has 3 amide bonds. The van der Waals surface area contributed by atoms with Gasteiger partial charge in [-0.15, -0.1) is 11.8 Å². The first kappa shape index (κ1) is 16.6. The van der Waals surface area contributed by atoms with Gasteiger partial charge in [0.05, 0.1) is 6.54 Å². The van der Waals surface area contributed by atoms with Crippen LogP contribution in [0.5, 0.6) is 0 Å². The minimum atomic E-state index is -0.428. The normalized spacial score (nSPS) is 17.2. The Bertz CT molecular complexity index is 716. The van der Waals surface area contributed by atoms with E-state index >= 15 is 0 Å². The van der Waals surface area contributed by atoms with Crippen molar-refractivity contribution in [1.82, 2.24) is 10.2 Å². The Morgan fingerprint density at radius 2 is 1.71 bits per heavy atom. The lowest BCUT2D eigenvalue weighted by atomic mass is 10.1. The molecule has 1 atom stereocenters. The molecule has 24 heavy (non-hydrogen) atoms. The monoisotopic (exact) mass is 340 g/mol. The van der Waals surface area contributed by atoms with E-state index < -0.39 is 6.04 Å². The zero-order chi connectivity index (χ0) is 16.9. The molecule has 2 aromatic carbocycles. The third-order valence-corrected chi connectivity index (χ3v) is 4.91. The highest BCUT2D eigenvalue weighted by Gasteiger charge is 2.37. The number of nitrogens with one attached hydrogen (secondary N) is 1. The molecule has 1 fully saturated rings. The van der Waals surface area contributed by atoms with Gasteiger partial charge in [-0.2, -0.15) is 0 Å². The number of nitrogens with zero attached hydrogens (tertiary/aromatic N) is 1. The van der Waals surface area contributed by atoms with Crippen LogP contribution in [0.2, 0.25) is 0 Å². The van der Waals surface area contributed by atoms with Gasteiger partial charge in [-0.1, -0.05) is 42.5 Å². The van der Waals surface area contributed by atoms with Gasteiger partial charge in [0.15, 0.2) is 0 Å². The van der Waals surface area contributed by atoms with Crippen molar-refractivity contribution in [2.75, 3.05) is 6.26 Å². The van der Waals surface area contributed by atoms with Crippen LogP contribution in [-0.2, 0) is 17.8 Å². The first-order valence-corrected chi connectivity index (χ1v) is 9.18. The minimum absolute atomic E-state index is 0.134. The largest absolute Gasteiger partial charge is 0.326 e. The molecule has 0 aliphatic carbocycles. The molecule has 1 N–H and O–H groups in total. The molecule has 0 bridgehead atoms. The lowest BCUT2D eigenvalue weighted by molar-refractivity contribution is -0.128. The Hall–Kier alpha value is -2.27. The summed E-state index contributed by atoms with van der Waals surface area (Å²) in [5.74, 6) is -0.134. The number of rotatable bonds is 6. The molecular formula is C19H20N2O2S. The van der Waals surface area contributed by atoms with E-state index in [2.05, 4.69) is 5.32 Å². The van der Waals surface area contributed by atoms with Gasteiger partial charge in [-0.3, -0.25) is 9.69 Å². The van der Waals surface area contributed by atoms with Crippen LogP contribution in [0.25, 0.3) is 0 Å². The number of carbonyl (C=O) groups excluding carboxylic acids is 2. The van der Waals surface area contributed by atoms with E-state index in [0.29, 0.717) is 13.0 Å². The van der Waals surface area contributed by atoms with Gasteiger partial charge in [0.2, 0.25) is 0 Å². The quantitative estimate of drug-likeness (QED) is 0.647. The van der Waals surface area contributed by atoms with Crippen LogP contribution in [0.15, 0.2) is 59.5 Å². The molecule has 1 saturated heterocycles. The molecule has 0 saturated carbocycles. The molecule has 3 rings (SSSR count). The van der Waals surface area contributed by atoms with Crippen LogP contribution < -0.4 is 5.32 Å². The zero-order valence-corrected chi connectivity index (χ0v) is 14.4.